The molecule has 0 spiro atoms. The van der Waals surface area contributed by atoms with E-state index >= 15 is 0 Å². The molecule has 1 aromatic carbocycles. The highest BCUT2D eigenvalue weighted by atomic mass is 79.9. The van der Waals surface area contributed by atoms with E-state index in [-0.39, 0.29) is 17.4 Å². The minimum Gasteiger partial charge on any atom is -0.409 e. The zero-order valence-electron chi connectivity index (χ0n) is 11.0. The Kier molecular flexibility index (Phi) is 4.77. The summed E-state index contributed by atoms with van der Waals surface area (Å²) in [4.78, 5) is 11.7. The monoisotopic (exact) mass is 328 g/mol. The maximum absolute atomic E-state index is 11.7. The minimum atomic E-state index is -0.315. The van der Waals surface area contributed by atoms with Crippen LogP contribution in [0.5, 0.6) is 0 Å². The van der Waals surface area contributed by atoms with Gasteiger partial charge in [-0.15, -0.1) is 0 Å². The predicted molar refractivity (Wildman–Crippen MR) is 78.6 cm³/mol. The molecule has 104 valence electrons. The smallest absolute Gasteiger partial charge is 0.319 e. The van der Waals surface area contributed by atoms with E-state index in [1.807, 2.05) is 20.8 Å². The number of nitrogens with two attached hydrogens (primary N) is 1. The lowest BCUT2D eigenvalue weighted by Gasteiger charge is -2.21. The van der Waals surface area contributed by atoms with Crippen LogP contribution in [0.15, 0.2) is 27.8 Å². The molecule has 0 bridgehead atoms. The Morgan fingerprint density at radius 1 is 1.42 bits per heavy atom. The van der Waals surface area contributed by atoms with E-state index in [9.17, 15) is 4.79 Å². The zero-order chi connectivity index (χ0) is 14.6. The van der Waals surface area contributed by atoms with Gasteiger partial charge in [0, 0.05) is 15.6 Å². The highest BCUT2D eigenvalue weighted by molar-refractivity contribution is 9.10. The van der Waals surface area contributed by atoms with Gasteiger partial charge in [-0.3, -0.25) is 0 Å². The van der Waals surface area contributed by atoms with Gasteiger partial charge in [-0.2, -0.15) is 0 Å². The number of amidine groups is 1. The third-order valence-electron chi connectivity index (χ3n) is 2.11. The van der Waals surface area contributed by atoms with Crippen molar-refractivity contribution in [3.05, 3.63) is 28.2 Å². The van der Waals surface area contributed by atoms with Gasteiger partial charge in [0.2, 0.25) is 0 Å². The molecule has 0 saturated carbocycles. The first kappa shape index (κ1) is 15.3. The Morgan fingerprint density at radius 2 is 2.05 bits per heavy atom. The van der Waals surface area contributed by atoms with Gasteiger partial charge in [0.05, 0.1) is 5.69 Å². The van der Waals surface area contributed by atoms with E-state index in [1.54, 1.807) is 18.2 Å². The summed E-state index contributed by atoms with van der Waals surface area (Å²) in [5.74, 6) is 0.00592. The third kappa shape index (κ3) is 4.78. The summed E-state index contributed by atoms with van der Waals surface area (Å²) in [6.45, 7) is 5.68. The predicted octanol–water partition coefficient (Wildman–Crippen LogP) is 2.46. The summed E-state index contributed by atoms with van der Waals surface area (Å²) in [5.41, 5.74) is 6.31. The second kappa shape index (κ2) is 5.92. The van der Waals surface area contributed by atoms with Gasteiger partial charge in [0.25, 0.3) is 0 Å². The number of hydrogen-bond donors (Lipinski definition) is 4. The maximum atomic E-state index is 11.7. The highest BCUT2D eigenvalue weighted by Crippen LogP contribution is 2.23. The largest absolute Gasteiger partial charge is 0.409 e. The Bertz CT molecular complexity index is 509. The number of carbonyl (C=O) groups excluding carboxylic acids is 1. The van der Waals surface area contributed by atoms with Crippen LogP contribution in [-0.4, -0.2) is 22.6 Å². The zero-order valence-corrected chi connectivity index (χ0v) is 12.6. The molecule has 1 aromatic rings. The molecule has 0 fully saturated rings. The Labute approximate surface area is 120 Å². The first-order valence-electron chi connectivity index (χ1n) is 5.59. The molecular weight excluding hydrogens is 312 g/mol. The normalized spacial score (nSPS) is 12.1. The Morgan fingerprint density at radius 3 is 2.53 bits per heavy atom. The molecule has 0 aromatic heterocycles. The summed E-state index contributed by atoms with van der Waals surface area (Å²) in [6.07, 6.45) is 0. The molecule has 1 rings (SSSR count). The standard InChI is InChI=1S/C12H17BrN4O2/c1-12(2,3)16-11(18)15-9-5-4-7(6-8(9)13)10(14)17-19/h4-6,19H,1-3H3,(H2,14,17)(H2,15,16,18). The van der Waals surface area contributed by atoms with Crippen molar-refractivity contribution in [1.29, 1.82) is 0 Å². The summed E-state index contributed by atoms with van der Waals surface area (Å²) >= 11 is 3.32. The average molecular weight is 329 g/mol. The Balaban J connectivity index is 2.84. The van der Waals surface area contributed by atoms with Gasteiger partial charge in [0.1, 0.15) is 0 Å². The number of benzene rings is 1. The van der Waals surface area contributed by atoms with Crippen LogP contribution in [0, 0.1) is 0 Å². The molecule has 2 amide bonds. The first-order valence-corrected chi connectivity index (χ1v) is 6.39. The number of halogens is 1. The highest BCUT2D eigenvalue weighted by Gasteiger charge is 2.14. The van der Waals surface area contributed by atoms with Crippen LogP contribution in [0.3, 0.4) is 0 Å². The Hall–Kier alpha value is -1.76. The van der Waals surface area contributed by atoms with Gasteiger partial charge >= 0.3 is 6.03 Å². The van der Waals surface area contributed by atoms with Crippen LogP contribution < -0.4 is 16.4 Å². The quantitative estimate of drug-likeness (QED) is 0.290. The van der Waals surface area contributed by atoms with E-state index in [2.05, 4.69) is 31.7 Å². The van der Waals surface area contributed by atoms with E-state index in [0.29, 0.717) is 15.7 Å². The van der Waals surface area contributed by atoms with Crippen LogP contribution in [0.25, 0.3) is 0 Å². The molecule has 0 aliphatic carbocycles. The second-order valence-corrected chi connectivity index (χ2v) is 5.86. The summed E-state index contributed by atoms with van der Waals surface area (Å²) in [6, 6.07) is 4.67. The molecular formula is C12H17BrN4O2. The molecule has 19 heavy (non-hydrogen) atoms. The number of oxime groups is 1. The van der Waals surface area contributed by atoms with Crippen molar-refractivity contribution in [2.24, 2.45) is 10.9 Å². The molecule has 0 radical (unpaired) electrons. The van der Waals surface area contributed by atoms with Crippen LogP contribution in [0.2, 0.25) is 0 Å². The third-order valence-corrected chi connectivity index (χ3v) is 2.77. The first-order chi connectivity index (χ1) is 8.73. The topological polar surface area (TPSA) is 99.7 Å². The fourth-order valence-electron chi connectivity index (χ4n) is 1.33. The number of nitrogens with one attached hydrogen (secondary N) is 2. The number of rotatable bonds is 2. The number of urea groups is 1. The van der Waals surface area contributed by atoms with E-state index in [1.165, 1.54) is 0 Å². The lowest BCUT2D eigenvalue weighted by molar-refractivity contribution is 0.244. The van der Waals surface area contributed by atoms with Gasteiger partial charge in [0.15, 0.2) is 5.84 Å². The molecule has 0 atom stereocenters. The molecule has 5 N–H and O–H groups in total. The van der Waals surface area contributed by atoms with Crippen molar-refractivity contribution < 1.29 is 10.0 Å². The molecule has 7 heteroatoms. The lowest BCUT2D eigenvalue weighted by atomic mass is 10.1. The summed E-state index contributed by atoms with van der Waals surface area (Å²) in [7, 11) is 0. The van der Waals surface area contributed by atoms with Gasteiger partial charge < -0.3 is 21.6 Å². The number of anilines is 1. The summed E-state index contributed by atoms with van der Waals surface area (Å²) in [5, 5.41) is 17.0. The lowest BCUT2D eigenvalue weighted by Crippen LogP contribution is -2.43. The second-order valence-electron chi connectivity index (χ2n) is 5.01. The maximum Gasteiger partial charge on any atom is 0.319 e. The minimum absolute atomic E-state index is 0.00592. The van der Waals surface area contributed by atoms with Crippen LogP contribution in [0.4, 0.5) is 10.5 Å². The van der Waals surface area contributed by atoms with Gasteiger partial charge in [-0.25, -0.2) is 4.79 Å². The van der Waals surface area contributed by atoms with Crippen molar-refractivity contribution in [2.75, 3.05) is 5.32 Å². The van der Waals surface area contributed by atoms with Crippen molar-refractivity contribution in [3.63, 3.8) is 0 Å². The fraction of sp³-hybridized carbons (Fsp3) is 0.333. The van der Waals surface area contributed by atoms with Crippen molar-refractivity contribution in [1.82, 2.24) is 5.32 Å². The molecule has 0 aliphatic heterocycles. The molecule has 6 nitrogen and oxygen atoms in total. The van der Waals surface area contributed by atoms with Crippen molar-refractivity contribution in [3.8, 4) is 0 Å². The average Bonchev–Trinajstić information content (AvgIpc) is 2.28. The van der Waals surface area contributed by atoms with Crippen molar-refractivity contribution >= 4 is 33.5 Å². The van der Waals surface area contributed by atoms with Crippen LogP contribution in [0.1, 0.15) is 26.3 Å². The van der Waals surface area contributed by atoms with Crippen molar-refractivity contribution in [2.45, 2.75) is 26.3 Å². The van der Waals surface area contributed by atoms with Gasteiger partial charge in [-0.1, -0.05) is 5.16 Å². The van der Waals surface area contributed by atoms with Crippen LogP contribution in [-0.2, 0) is 0 Å². The summed E-state index contributed by atoms with van der Waals surface area (Å²) < 4.78 is 0.639. The van der Waals surface area contributed by atoms with E-state index in [4.69, 9.17) is 10.9 Å². The number of hydrogen-bond acceptors (Lipinski definition) is 3. The van der Waals surface area contributed by atoms with Crippen LogP contribution >= 0.6 is 15.9 Å². The molecule has 0 unspecified atom stereocenters. The number of amides is 2. The molecule has 0 aliphatic rings. The van der Waals surface area contributed by atoms with E-state index < -0.39 is 0 Å². The molecule has 0 saturated heterocycles. The molecule has 0 heterocycles. The number of carbonyl (C=O) groups is 1. The SMILES string of the molecule is CC(C)(C)NC(=O)Nc1ccc(/C(N)=N/O)cc1Br. The number of nitrogens with zero attached hydrogens (tertiary/aromatic N) is 1. The fourth-order valence-corrected chi connectivity index (χ4v) is 1.81. The van der Waals surface area contributed by atoms with E-state index in [0.717, 1.165) is 0 Å². The van der Waals surface area contributed by atoms with Gasteiger partial charge in [-0.05, 0) is 54.9 Å².